The molecule has 0 spiro atoms. The molecule has 1 aromatic heterocycles. The molecule has 0 saturated carbocycles. The van der Waals surface area contributed by atoms with E-state index in [9.17, 15) is 4.79 Å². The van der Waals surface area contributed by atoms with E-state index in [1.54, 1.807) is 25.3 Å². The van der Waals surface area contributed by atoms with Gasteiger partial charge < -0.3 is 14.5 Å². The molecule has 2 rings (SSSR count). The van der Waals surface area contributed by atoms with Crippen LogP contribution in [0.1, 0.15) is 5.56 Å². The SMILES string of the molecule is C=CCOc1ccc(/C=c2\sc(=C)[nH]c2=O)cc1OC. The van der Waals surface area contributed by atoms with E-state index in [0.29, 0.717) is 27.3 Å². The minimum absolute atomic E-state index is 0.133. The van der Waals surface area contributed by atoms with Crippen LogP contribution in [0.2, 0.25) is 0 Å². The predicted molar refractivity (Wildman–Crippen MR) is 82.0 cm³/mol. The van der Waals surface area contributed by atoms with Gasteiger partial charge in [0.05, 0.1) is 16.3 Å². The Bertz CT molecular complexity index is 773. The monoisotopic (exact) mass is 289 g/mol. The molecule has 2 aromatic rings. The van der Waals surface area contributed by atoms with Crippen molar-refractivity contribution >= 4 is 24.0 Å². The maximum absolute atomic E-state index is 11.6. The van der Waals surface area contributed by atoms with E-state index in [2.05, 4.69) is 18.1 Å². The van der Waals surface area contributed by atoms with Gasteiger partial charge in [-0.25, -0.2) is 0 Å². The minimum Gasteiger partial charge on any atom is -0.493 e. The molecule has 20 heavy (non-hydrogen) atoms. The third-order valence-corrected chi connectivity index (χ3v) is 3.42. The van der Waals surface area contributed by atoms with E-state index in [0.717, 1.165) is 5.56 Å². The van der Waals surface area contributed by atoms with Gasteiger partial charge in [0.25, 0.3) is 5.56 Å². The minimum atomic E-state index is -0.133. The number of aromatic nitrogens is 1. The van der Waals surface area contributed by atoms with Crippen LogP contribution in [0.3, 0.4) is 0 Å². The number of aromatic amines is 1. The first-order chi connectivity index (χ1) is 9.63. The number of methoxy groups -OCH3 is 1. The zero-order chi connectivity index (χ0) is 14.5. The topological polar surface area (TPSA) is 51.3 Å². The molecule has 1 N–H and O–H groups in total. The van der Waals surface area contributed by atoms with Crippen LogP contribution in [0.4, 0.5) is 0 Å². The summed E-state index contributed by atoms with van der Waals surface area (Å²) in [4.78, 5) is 14.3. The molecule has 1 aromatic carbocycles. The molecule has 0 saturated heterocycles. The lowest BCUT2D eigenvalue weighted by atomic mass is 10.2. The number of rotatable bonds is 5. The summed E-state index contributed by atoms with van der Waals surface area (Å²) in [5.74, 6) is 1.26. The van der Waals surface area contributed by atoms with Crippen molar-refractivity contribution in [1.29, 1.82) is 0 Å². The van der Waals surface area contributed by atoms with Crippen molar-refractivity contribution < 1.29 is 9.47 Å². The molecular formula is C15H15NO3S. The van der Waals surface area contributed by atoms with Gasteiger partial charge in [-0.15, -0.1) is 11.3 Å². The van der Waals surface area contributed by atoms with Gasteiger partial charge in [-0.2, -0.15) is 0 Å². The summed E-state index contributed by atoms with van der Waals surface area (Å²) in [5, 5.41) is 0. The van der Waals surface area contributed by atoms with Gasteiger partial charge in [-0.1, -0.05) is 25.3 Å². The Balaban J connectivity index is 2.42. The summed E-state index contributed by atoms with van der Waals surface area (Å²) in [6.07, 6.45) is 3.46. The van der Waals surface area contributed by atoms with Gasteiger partial charge in [0.2, 0.25) is 0 Å². The first-order valence-electron chi connectivity index (χ1n) is 5.95. The fourth-order valence-corrected chi connectivity index (χ4v) is 2.43. The molecule has 0 aliphatic carbocycles. The fraction of sp³-hybridized carbons (Fsp3) is 0.133. The second-order valence-corrected chi connectivity index (χ2v) is 5.13. The number of benzene rings is 1. The van der Waals surface area contributed by atoms with Crippen molar-refractivity contribution in [2.45, 2.75) is 0 Å². The molecule has 1 heterocycles. The van der Waals surface area contributed by atoms with Crippen molar-refractivity contribution in [3.05, 3.63) is 56.0 Å². The van der Waals surface area contributed by atoms with E-state index < -0.39 is 0 Å². The van der Waals surface area contributed by atoms with E-state index >= 15 is 0 Å². The lowest BCUT2D eigenvalue weighted by Crippen LogP contribution is -2.19. The highest BCUT2D eigenvalue weighted by Gasteiger charge is 2.04. The first-order valence-corrected chi connectivity index (χ1v) is 6.77. The van der Waals surface area contributed by atoms with Crippen molar-refractivity contribution in [1.82, 2.24) is 4.98 Å². The summed E-state index contributed by atoms with van der Waals surface area (Å²) >= 11 is 1.32. The largest absolute Gasteiger partial charge is 0.493 e. The van der Waals surface area contributed by atoms with Gasteiger partial charge >= 0.3 is 0 Å². The van der Waals surface area contributed by atoms with Crippen molar-refractivity contribution in [3.8, 4) is 11.5 Å². The van der Waals surface area contributed by atoms with Gasteiger partial charge in [-0.05, 0) is 23.8 Å². The van der Waals surface area contributed by atoms with Crippen molar-refractivity contribution in [2.24, 2.45) is 0 Å². The molecular weight excluding hydrogens is 274 g/mol. The smallest absolute Gasteiger partial charge is 0.266 e. The Morgan fingerprint density at radius 1 is 1.40 bits per heavy atom. The number of thiazole rings is 1. The lowest BCUT2D eigenvalue weighted by Gasteiger charge is -2.09. The zero-order valence-corrected chi connectivity index (χ0v) is 12.0. The number of hydrogen-bond donors (Lipinski definition) is 1. The molecule has 4 nitrogen and oxygen atoms in total. The van der Waals surface area contributed by atoms with Crippen LogP contribution in [0.25, 0.3) is 12.7 Å². The molecule has 0 aliphatic rings. The Kier molecular flexibility index (Phi) is 4.42. The highest BCUT2D eigenvalue weighted by atomic mass is 32.1. The van der Waals surface area contributed by atoms with Crippen molar-refractivity contribution in [2.75, 3.05) is 13.7 Å². The average Bonchev–Trinajstić information content (AvgIpc) is 2.75. The standard InChI is InChI=1S/C15H15NO3S/c1-4-7-19-12-6-5-11(8-13(12)18-3)9-14-15(17)16-10(2)20-14/h4-6,8-9H,1-2,7H2,3H3,(H,16,17)/b14-9-. The Hall–Kier alpha value is -2.27. The Morgan fingerprint density at radius 2 is 2.20 bits per heavy atom. The summed E-state index contributed by atoms with van der Waals surface area (Å²) in [6, 6.07) is 5.49. The fourth-order valence-electron chi connectivity index (χ4n) is 1.68. The Labute approximate surface area is 120 Å². The lowest BCUT2D eigenvalue weighted by molar-refractivity contribution is 0.326. The van der Waals surface area contributed by atoms with E-state index in [-0.39, 0.29) is 5.56 Å². The summed E-state index contributed by atoms with van der Waals surface area (Å²) in [5.41, 5.74) is 0.728. The molecule has 0 unspecified atom stereocenters. The van der Waals surface area contributed by atoms with Crippen molar-refractivity contribution in [3.63, 3.8) is 0 Å². The van der Waals surface area contributed by atoms with Crippen LogP contribution in [-0.2, 0) is 0 Å². The molecule has 104 valence electrons. The average molecular weight is 289 g/mol. The number of ether oxygens (including phenoxy) is 2. The second kappa shape index (κ2) is 6.25. The maximum Gasteiger partial charge on any atom is 0.266 e. The highest BCUT2D eigenvalue weighted by Crippen LogP contribution is 2.28. The van der Waals surface area contributed by atoms with Crippen LogP contribution in [0.15, 0.2) is 35.6 Å². The third kappa shape index (κ3) is 3.19. The molecule has 0 radical (unpaired) electrons. The van der Waals surface area contributed by atoms with Crippen LogP contribution < -0.4 is 24.2 Å². The van der Waals surface area contributed by atoms with Crippen LogP contribution in [0, 0.1) is 0 Å². The number of H-pyrrole nitrogens is 1. The quantitative estimate of drug-likeness (QED) is 0.843. The van der Waals surface area contributed by atoms with Crippen LogP contribution in [0.5, 0.6) is 11.5 Å². The second-order valence-electron chi connectivity index (χ2n) is 4.00. The number of hydrogen-bond acceptors (Lipinski definition) is 4. The number of nitrogens with one attached hydrogen (secondary N) is 1. The molecule has 0 aliphatic heterocycles. The van der Waals surface area contributed by atoms with Gasteiger partial charge in [-0.3, -0.25) is 4.79 Å². The van der Waals surface area contributed by atoms with E-state index in [1.807, 2.05) is 12.1 Å². The highest BCUT2D eigenvalue weighted by molar-refractivity contribution is 7.07. The van der Waals surface area contributed by atoms with Crippen LogP contribution >= 0.6 is 11.3 Å². The molecule has 0 fully saturated rings. The predicted octanol–water partition coefficient (Wildman–Crippen LogP) is 1.25. The Morgan fingerprint density at radius 3 is 2.80 bits per heavy atom. The zero-order valence-electron chi connectivity index (χ0n) is 11.1. The summed E-state index contributed by atoms with van der Waals surface area (Å²) < 4.78 is 12.0. The normalized spacial score (nSPS) is 11.3. The molecule has 0 amide bonds. The van der Waals surface area contributed by atoms with E-state index in [4.69, 9.17) is 9.47 Å². The molecule has 0 atom stereocenters. The van der Waals surface area contributed by atoms with Crippen LogP contribution in [-0.4, -0.2) is 18.7 Å². The maximum atomic E-state index is 11.6. The molecule has 0 bridgehead atoms. The molecule has 5 heteroatoms. The van der Waals surface area contributed by atoms with Gasteiger partial charge in [0.15, 0.2) is 11.5 Å². The van der Waals surface area contributed by atoms with Gasteiger partial charge in [0, 0.05) is 0 Å². The summed E-state index contributed by atoms with van der Waals surface area (Å²) in [7, 11) is 1.58. The van der Waals surface area contributed by atoms with Gasteiger partial charge in [0.1, 0.15) is 6.61 Å². The summed E-state index contributed by atoms with van der Waals surface area (Å²) in [6.45, 7) is 7.73. The third-order valence-electron chi connectivity index (χ3n) is 2.55. The van der Waals surface area contributed by atoms with E-state index in [1.165, 1.54) is 11.3 Å². The first kappa shape index (κ1) is 14.1.